The number of nitrogens with one attached hydrogen (secondary N) is 1. The summed E-state index contributed by atoms with van der Waals surface area (Å²) in [6, 6.07) is 16.2. The molecule has 2 aromatic carbocycles. The predicted octanol–water partition coefficient (Wildman–Crippen LogP) is 3.33. The minimum Gasteiger partial charge on any atom is -0.338 e. The van der Waals surface area contributed by atoms with Gasteiger partial charge in [0.15, 0.2) is 11.5 Å². The molecule has 2 aromatic heterocycles. The standard InChI is InChI=1S/C16H13N5/c1-11-6-2-5-9-14(11)18-15-12-7-3-4-8-13(12)16-19-17-10-21(16)20-15/h2-10H,1H3,(H,18,20). The number of benzene rings is 2. The van der Waals surface area contributed by atoms with Crippen LogP contribution in [-0.2, 0) is 0 Å². The first-order valence-corrected chi connectivity index (χ1v) is 6.74. The van der Waals surface area contributed by atoms with Crippen molar-refractivity contribution < 1.29 is 0 Å². The molecule has 5 nitrogen and oxygen atoms in total. The summed E-state index contributed by atoms with van der Waals surface area (Å²) in [6.45, 7) is 2.07. The van der Waals surface area contributed by atoms with E-state index in [2.05, 4.69) is 33.6 Å². The van der Waals surface area contributed by atoms with Gasteiger partial charge in [-0.25, -0.2) is 0 Å². The molecule has 4 rings (SSSR count). The van der Waals surface area contributed by atoms with E-state index >= 15 is 0 Å². The van der Waals surface area contributed by atoms with Gasteiger partial charge in [-0.05, 0) is 18.6 Å². The Morgan fingerprint density at radius 1 is 0.952 bits per heavy atom. The number of hydrogen-bond donors (Lipinski definition) is 1. The minimum atomic E-state index is 0.765. The van der Waals surface area contributed by atoms with Crippen molar-refractivity contribution in [3.63, 3.8) is 0 Å². The van der Waals surface area contributed by atoms with Crippen molar-refractivity contribution in [1.82, 2.24) is 19.8 Å². The van der Waals surface area contributed by atoms with Gasteiger partial charge >= 0.3 is 0 Å². The topological polar surface area (TPSA) is 55.1 Å². The summed E-state index contributed by atoms with van der Waals surface area (Å²) in [6.07, 6.45) is 1.62. The molecule has 0 spiro atoms. The molecule has 0 aliphatic heterocycles. The molecule has 0 atom stereocenters. The molecule has 0 fully saturated rings. The second-order valence-electron chi connectivity index (χ2n) is 4.93. The van der Waals surface area contributed by atoms with E-state index in [0.717, 1.165) is 27.9 Å². The Kier molecular flexibility index (Phi) is 2.57. The molecule has 0 radical (unpaired) electrons. The number of aromatic nitrogens is 4. The molecule has 0 amide bonds. The zero-order valence-electron chi connectivity index (χ0n) is 11.5. The van der Waals surface area contributed by atoms with Crippen molar-refractivity contribution in [2.75, 3.05) is 5.32 Å². The van der Waals surface area contributed by atoms with Gasteiger partial charge in [-0.2, -0.15) is 4.52 Å². The van der Waals surface area contributed by atoms with E-state index in [0.29, 0.717) is 0 Å². The number of rotatable bonds is 2. The van der Waals surface area contributed by atoms with E-state index in [1.54, 1.807) is 10.8 Å². The number of hydrogen-bond acceptors (Lipinski definition) is 4. The first-order valence-electron chi connectivity index (χ1n) is 6.74. The molecule has 4 aromatic rings. The lowest BCUT2D eigenvalue weighted by atomic mass is 10.1. The quantitative estimate of drug-likeness (QED) is 0.609. The first-order chi connectivity index (χ1) is 10.3. The van der Waals surface area contributed by atoms with Gasteiger partial charge in [-0.3, -0.25) is 0 Å². The molecule has 1 N–H and O–H groups in total. The van der Waals surface area contributed by atoms with Crippen molar-refractivity contribution in [2.24, 2.45) is 0 Å². The molecule has 0 unspecified atom stereocenters. The molecule has 0 aliphatic rings. The normalized spacial score (nSPS) is 11.1. The lowest BCUT2D eigenvalue weighted by Gasteiger charge is -2.11. The Morgan fingerprint density at radius 2 is 1.71 bits per heavy atom. The third-order valence-electron chi connectivity index (χ3n) is 3.56. The Morgan fingerprint density at radius 3 is 2.57 bits per heavy atom. The summed E-state index contributed by atoms with van der Waals surface area (Å²) >= 11 is 0. The van der Waals surface area contributed by atoms with Gasteiger partial charge in [-0.15, -0.1) is 15.3 Å². The third-order valence-corrected chi connectivity index (χ3v) is 3.56. The lowest BCUT2D eigenvalue weighted by molar-refractivity contribution is 0.941. The van der Waals surface area contributed by atoms with Gasteiger partial charge in [0.2, 0.25) is 0 Å². The van der Waals surface area contributed by atoms with E-state index in [9.17, 15) is 0 Å². The van der Waals surface area contributed by atoms with Gasteiger partial charge in [0.25, 0.3) is 0 Å². The average molecular weight is 275 g/mol. The molecule has 102 valence electrons. The molecular formula is C16H13N5. The van der Waals surface area contributed by atoms with Crippen LogP contribution in [0.15, 0.2) is 54.9 Å². The third kappa shape index (κ3) is 1.90. The first kappa shape index (κ1) is 11.8. The maximum Gasteiger partial charge on any atom is 0.185 e. The number of fused-ring (bicyclic) bond motifs is 3. The highest BCUT2D eigenvalue weighted by molar-refractivity contribution is 6.00. The highest BCUT2D eigenvalue weighted by atomic mass is 15.4. The number of nitrogens with zero attached hydrogens (tertiary/aromatic N) is 4. The smallest absolute Gasteiger partial charge is 0.185 e. The van der Waals surface area contributed by atoms with Crippen LogP contribution in [0.2, 0.25) is 0 Å². The fourth-order valence-corrected chi connectivity index (χ4v) is 2.46. The summed E-state index contributed by atoms with van der Waals surface area (Å²) < 4.78 is 1.70. The Bertz CT molecular complexity index is 942. The van der Waals surface area contributed by atoms with Gasteiger partial charge in [0.1, 0.15) is 6.33 Å². The highest BCUT2D eigenvalue weighted by Gasteiger charge is 2.10. The summed E-state index contributed by atoms with van der Waals surface area (Å²) in [5.74, 6) is 0.798. The molecule has 0 bridgehead atoms. The summed E-state index contributed by atoms with van der Waals surface area (Å²) in [4.78, 5) is 0. The Balaban J connectivity index is 1.96. The van der Waals surface area contributed by atoms with Crippen LogP contribution in [0.25, 0.3) is 16.4 Å². The highest BCUT2D eigenvalue weighted by Crippen LogP contribution is 2.27. The van der Waals surface area contributed by atoms with Gasteiger partial charge in [0.05, 0.1) is 0 Å². The summed E-state index contributed by atoms with van der Waals surface area (Å²) in [5, 5.41) is 18.1. The van der Waals surface area contributed by atoms with E-state index in [-0.39, 0.29) is 0 Å². The van der Waals surface area contributed by atoms with Crippen LogP contribution in [-0.4, -0.2) is 19.8 Å². The van der Waals surface area contributed by atoms with Crippen LogP contribution >= 0.6 is 0 Å². The van der Waals surface area contributed by atoms with Crippen molar-refractivity contribution in [1.29, 1.82) is 0 Å². The maximum absolute atomic E-state index is 4.58. The zero-order chi connectivity index (χ0) is 14.2. The molecule has 2 heterocycles. The second kappa shape index (κ2) is 4.56. The monoisotopic (exact) mass is 275 g/mol. The average Bonchev–Trinajstić information content (AvgIpc) is 2.98. The van der Waals surface area contributed by atoms with Gasteiger partial charge < -0.3 is 5.32 Å². The van der Waals surface area contributed by atoms with Crippen LogP contribution < -0.4 is 5.32 Å². The Hall–Kier alpha value is -2.95. The van der Waals surface area contributed by atoms with Crippen LogP contribution in [0, 0.1) is 6.92 Å². The number of anilines is 2. The largest absolute Gasteiger partial charge is 0.338 e. The summed E-state index contributed by atoms with van der Waals surface area (Å²) in [7, 11) is 0. The van der Waals surface area contributed by atoms with Crippen molar-refractivity contribution >= 4 is 27.9 Å². The fraction of sp³-hybridized carbons (Fsp3) is 0.0625. The molecule has 5 heteroatoms. The van der Waals surface area contributed by atoms with Crippen molar-refractivity contribution in [3.05, 3.63) is 60.4 Å². The van der Waals surface area contributed by atoms with Crippen molar-refractivity contribution in [3.8, 4) is 0 Å². The summed E-state index contributed by atoms with van der Waals surface area (Å²) in [5.41, 5.74) is 2.98. The van der Waals surface area contributed by atoms with Crippen LogP contribution in [0.1, 0.15) is 5.56 Å². The predicted molar refractivity (Wildman–Crippen MR) is 82.7 cm³/mol. The van der Waals surface area contributed by atoms with Crippen LogP contribution in [0.3, 0.4) is 0 Å². The Labute approximate surface area is 121 Å². The van der Waals surface area contributed by atoms with Crippen LogP contribution in [0.5, 0.6) is 0 Å². The number of para-hydroxylation sites is 1. The minimum absolute atomic E-state index is 0.765. The van der Waals surface area contributed by atoms with Gasteiger partial charge in [-0.1, -0.05) is 42.5 Å². The SMILES string of the molecule is Cc1ccccc1Nc1nn2cnnc2c2ccccc12. The van der Waals surface area contributed by atoms with E-state index in [1.165, 1.54) is 5.56 Å². The number of aryl methyl sites for hydroxylation is 1. The molecular weight excluding hydrogens is 262 g/mol. The molecule has 0 saturated heterocycles. The van der Waals surface area contributed by atoms with E-state index in [4.69, 9.17) is 0 Å². The van der Waals surface area contributed by atoms with E-state index in [1.807, 2.05) is 42.5 Å². The molecule has 0 saturated carbocycles. The van der Waals surface area contributed by atoms with Crippen molar-refractivity contribution in [2.45, 2.75) is 6.92 Å². The lowest BCUT2D eigenvalue weighted by Crippen LogP contribution is -2.01. The zero-order valence-corrected chi connectivity index (χ0v) is 11.5. The fourth-order valence-electron chi connectivity index (χ4n) is 2.46. The van der Waals surface area contributed by atoms with Crippen LogP contribution in [0.4, 0.5) is 11.5 Å². The second-order valence-corrected chi connectivity index (χ2v) is 4.93. The molecule has 0 aliphatic carbocycles. The van der Waals surface area contributed by atoms with E-state index < -0.39 is 0 Å². The van der Waals surface area contributed by atoms with Gasteiger partial charge in [0, 0.05) is 16.5 Å². The molecule has 21 heavy (non-hydrogen) atoms. The maximum atomic E-state index is 4.58.